The lowest BCUT2D eigenvalue weighted by atomic mass is 10.1. The van der Waals surface area contributed by atoms with Gasteiger partial charge >= 0.3 is 0 Å². The zero-order chi connectivity index (χ0) is 10.6. The van der Waals surface area contributed by atoms with Crippen LogP contribution in [0.5, 0.6) is 0 Å². The van der Waals surface area contributed by atoms with E-state index in [1.807, 2.05) is 0 Å². The Hall–Kier alpha value is 0.270. The summed E-state index contributed by atoms with van der Waals surface area (Å²) < 4.78 is 0. The average Bonchev–Trinajstić information content (AvgIpc) is 2.15. The molecule has 0 aliphatic heterocycles. The summed E-state index contributed by atoms with van der Waals surface area (Å²) in [6.45, 7) is 0. The molecule has 0 aromatic rings. The second kappa shape index (κ2) is 11.3. The molecule has 0 saturated heterocycles. The highest BCUT2D eigenvalue weighted by atomic mass is 32.1. The fourth-order valence-electron chi connectivity index (χ4n) is 1.53. The van der Waals surface area contributed by atoms with Crippen LogP contribution in [0.1, 0.15) is 57.8 Å². The number of hydrogen-bond donors (Lipinski definition) is 3. The Morgan fingerprint density at radius 1 is 0.857 bits per heavy atom. The van der Waals surface area contributed by atoms with Crippen LogP contribution in [0.25, 0.3) is 0 Å². The topological polar surface area (TPSA) is 46.2 Å². The molecule has 0 heterocycles. The van der Waals surface area contributed by atoms with Crippen molar-refractivity contribution in [3.63, 3.8) is 0 Å². The zero-order valence-corrected chi connectivity index (χ0v) is 10.0. The molecule has 0 radical (unpaired) electrons. The van der Waals surface area contributed by atoms with Gasteiger partial charge in [0.1, 0.15) is 6.23 Å². The van der Waals surface area contributed by atoms with E-state index in [9.17, 15) is 0 Å². The van der Waals surface area contributed by atoms with Gasteiger partial charge in [0, 0.05) is 0 Å². The number of aliphatic hydroxyl groups is 1. The largest absolute Gasteiger partial charge is 0.379 e. The van der Waals surface area contributed by atoms with Gasteiger partial charge in [-0.05, 0) is 25.0 Å². The first-order chi connectivity index (χ1) is 6.77. The molecule has 1 atom stereocenters. The summed E-state index contributed by atoms with van der Waals surface area (Å²) in [6.07, 6.45) is 10.3. The molecule has 14 heavy (non-hydrogen) atoms. The molecule has 2 nitrogen and oxygen atoms in total. The monoisotopic (exact) mass is 219 g/mol. The quantitative estimate of drug-likeness (QED) is 0.300. The van der Waals surface area contributed by atoms with E-state index in [1.54, 1.807) is 0 Å². The fourth-order valence-corrected chi connectivity index (χ4v) is 1.75. The van der Waals surface area contributed by atoms with Crippen LogP contribution < -0.4 is 5.73 Å². The van der Waals surface area contributed by atoms with Crippen molar-refractivity contribution < 1.29 is 5.11 Å². The predicted octanol–water partition coefficient (Wildman–Crippen LogP) is 2.70. The lowest BCUT2D eigenvalue weighted by molar-refractivity contribution is 0.168. The van der Waals surface area contributed by atoms with Crippen LogP contribution in [0.2, 0.25) is 0 Å². The van der Waals surface area contributed by atoms with E-state index in [0.717, 1.165) is 18.6 Å². The molecular formula is C11H25NOS. The standard InChI is InChI=1S/C11H25NOS/c12-11(13)9-7-5-3-1-2-4-6-8-10-14/h11,13-14H,1-10,12H2. The third-order valence-electron chi connectivity index (χ3n) is 2.41. The van der Waals surface area contributed by atoms with Gasteiger partial charge in [-0.2, -0.15) is 12.6 Å². The number of unbranched alkanes of at least 4 members (excludes halogenated alkanes) is 7. The molecule has 1 unspecified atom stereocenters. The third-order valence-corrected chi connectivity index (χ3v) is 2.72. The zero-order valence-electron chi connectivity index (χ0n) is 9.12. The van der Waals surface area contributed by atoms with E-state index in [4.69, 9.17) is 10.8 Å². The molecular weight excluding hydrogens is 194 g/mol. The maximum atomic E-state index is 8.82. The van der Waals surface area contributed by atoms with Crippen LogP contribution in [0.3, 0.4) is 0 Å². The Bertz CT molecular complexity index is 109. The van der Waals surface area contributed by atoms with E-state index in [2.05, 4.69) is 12.6 Å². The lowest BCUT2D eigenvalue weighted by Crippen LogP contribution is -2.17. The molecule has 0 rings (SSSR count). The smallest absolute Gasteiger partial charge is 0.102 e. The van der Waals surface area contributed by atoms with Crippen LogP contribution in [-0.4, -0.2) is 17.1 Å². The summed E-state index contributed by atoms with van der Waals surface area (Å²) in [5, 5.41) is 8.82. The maximum Gasteiger partial charge on any atom is 0.102 e. The van der Waals surface area contributed by atoms with E-state index >= 15 is 0 Å². The fraction of sp³-hybridized carbons (Fsp3) is 1.00. The Balaban J connectivity index is 2.85. The van der Waals surface area contributed by atoms with Gasteiger partial charge in [-0.3, -0.25) is 0 Å². The Morgan fingerprint density at radius 3 is 1.71 bits per heavy atom. The lowest BCUT2D eigenvalue weighted by Gasteiger charge is -2.03. The normalized spacial score (nSPS) is 13.1. The van der Waals surface area contributed by atoms with Crippen LogP contribution in [0, 0.1) is 0 Å². The molecule has 3 N–H and O–H groups in total. The third kappa shape index (κ3) is 12.3. The van der Waals surface area contributed by atoms with Gasteiger partial charge in [0.15, 0.2) is 0 Å². The van der Waals surface area contributed by atoms with E-state index in [-0.39, 0.29) is 0 Å². The Kier molecular flexibility index (Phi) is 11.6. The highest BCUT2D eigenvalue weighted by Crippen LogP contribution is 2.10. The first-order valence-corrected chi connectivity index (χ1v) is 6.45. The van der Waals surface area contributed by atoms with Crippen molar-refractivity contribution in [1.29, 1.82) is 0 Å². The first-order valence-electron chi connectivity index (χ1n) is 5.82. The predicted molar refractivity (Wildman–Crippen MR) is 65.6 cm³/mol. The highest BCUT2D eigenvalue weighted by Gasteiger charge is 1.95. The SMILES string of the molecule is NC(O)CCCCCCCCCCS. The van der Waals surface area contributed by atoms with Crippen molar-refractivity contribution >= 4 is 12.6 Å². The Labute approximate surface area is 93.7 Å². The van der Waals surface area contributed by atoms with Gasteiger partial charge < -0.3 is 10.8 Å². The molecule has 0 fully saturated rings. The van der Waals surface area contributed by atoms with Gasteiger partial charge in [-0.15, -0.1) is 0 Å². The molecule has 0 bridgehead atoms. The molecule has 0 aromatic heterocycles. The van der Waals surface area contributed by atoms with Gasteiger partial charge in [-0.1, -0.05) is 38.5 Å². The van der Waals surface area contributed by atoms with E-state index in [0.29, 0.717) is 0 Å². The summed E-state index contributed by atoms with van der Waals surface area (Å²) in [5.74, 6) is 1.02. The number of nitrogens with two attached hydrogens (primary N) is 1. The summed E-state index contributed by atoms with van der Waals surface area (Å²) in [4.78, 5) is 0. The van der Waals surface area contributed by atoms with Gasteiger partial charge in [0.25, 0.3) is 0 Å². The van der Waals surface area contributed by atoms with Crippen molar-refractivity contribution in [1.82, 2.24) is 0 Å². The first kappa shape index (κ1) is 14.3. The van der Waals surface area contributed by atoms with E-state index in [1.165, 1.54) is 44.9 Å². The molecule has 0 saturated carbocycles. The summed E-state index contributed by atoms with van der Waals surface area (Å²) in [6, 6.07) is 0. The number of rotatable bonds is 10. The van der Waals surface area contributed by atoms with Crippen LogP contribution in [-0.2, 0) is 0 Å². The van der Waals surface area contributed by atoms with Crippen molar-refractivity contribution in [3.05, 3.63) is 0 Å². The van der Waals surface area contributed by atoms with Crippen LogP contribution >= 0.6 is 12.6 Å². The molecule has 3 heteroatoms. The summed E-state index contributed by atoms with van der Waals surface area (Å²) in [5.41, 5.74) is 5.24. The number of thiol groups is 1. The molecule has 0 aromatic carbocycles. The maximum absolute atomic E-state index is 8.82. The highest BCUT2D eigenvalue weighted by molar-refractivity contribution is 7.80. The Morgan fingerprint density at radius 2 is 1.29 bits per heavy atom. The van der Waals surface area contributed by atoms with Crippen LogP contribution in [0.15, 0.2) is 0 Å². The van der Waals surface area contributed by atoms with Gasteiger partial charge in [-0.25, -0.2) is 0 Å². The number of hydrogen-bond acceptors (Lipinski definition) is 3. The molecule has 0 spiro atoms. The molecule has 0 amide bonds. The minimum absolute atomic E-state index is 0.606. The van der Waals surface area contributed by atoms with Gasteiger partial charge in [0.05, 0.1) is 0 Å². The van der Waals surface area contributed by atoms with Crippen molar-refractivity contribution in [3.8, 4) is 0 Å². The average molecular weight is 219 g/mol. The second-order valence-corrected chi connectivity index (χ2v) is 4.36. The second-order valence-electron chi connectivity index (χ2n) is 3.91. The van der Waals surface area contributed by atoms with Crippen LogP contribution in [0.4, 0.5) is 0 Å². The molecule has 0 aliphatic carbocycles. The summed E-state index contributed by atoms with van der Waals surface area (Å²) in [7, 11) is 0. The minimum Gasteiger partial charge on any atom is -0.379 e. The molecule has 0 aliphatic rings. The summed E-state index contributed by atoms with van der Waals surface area (Å²) >= 11 is 4.18. The van der Waals surface area contributed by atoms with Crippen molar-refractivity contribution in [2.45, 2.75) is 64.0 Å². The van der Waals surface area contributed by atoms with Gasteiger partial charge in [0.2, 0.25) is 0 Å². The number of aliphatic hydroxyl groups excluding tert-OH is 1. The minimum atomic E-state index is -0.606. The molecule has 86 valence electrons. The van der Waals surface area contributed by atoms with Crippen molar-refractivity contribution in [2.75, 3.05) is 5.75 Å². The van der Waals surface area contributed by atoms with E-state index < -0.39 is 6.23 Å². The van der Waals surface area contributed by atoms with Crippen molar-refractivity contribution in [2.24, 2.45) is 5.73 Å².